The van der Waals surface area contributed by atoms with Crippen LogP contribution in [0.5, 0.6) is 0 Å². The van der Waals surface area contributed by atoms with Gasteiger partial charge in [0.1, 0.15) is 0 Å². The first kappa shape index (κ1) is 19.4. The monoisotopic (exact) mass is 362 g/mol. The Morgan fingerprint density at radius 1 is 0.920 bits per heavy atom. The lowest BCUT2D eigenvalue weighted by molar-refractivity contribution is -0.140. The second-order valence-electron chi connectivity index (χ2n) is 5.29. The van der Waals surface area contributed by atoms with Crippen molar-refractivity contribution in [1.82, 2.24) is 0 Å². The smallest absolute Gasteiger partial charge is 0.349 e. The van der Waals surface area contributed by atoms with E-state index in [0.29, 0.717) is 5.56 Å². The Kier molecular flexibility index (Phi) is 6.94. The van der Waals surface area contributed by atoms with E-state index in [0.717, 1.165) is 11.1 Å². The zero-order valence-electron chi connectivity index (χ0n) is 14.7. The van der Waals surface area contributed by atoms with Gasteiger partial charge in [-0.3, -0.25) is 9.36 Å². The number of hydrogen-bond donors (Lipinski definition) is 0. The van der Waals surface area contributed by atoms with Gasteiger partial charge in [-0.25, -0.2) is 0 Å². The SMILES string of the molecule is CCOP(=O)(OCC)[C@@H](C(=O)OC)c1ccc(-c2ccccc2)cc1. The minimum Gasteiger partial charge on any atom is -0.468 e. The molecule has 0 aliphatic heterocycles. The van der Waals surface area contributed by atoms with Crippen molar-refractivity contribution in [3.05, 3.63) is 60.2 Å². The summed E-state index contributed by atoms with van der Waals surface area (Å²) >= 11 is 0. The Bertz CT molecular complexity index is 717. The molecule has 1 atom stereocenters. The molecule has 0 aliphatic rings. The Morgan fingerprint density at radius 2 is 1.44 bits per heavy atom. The molecule has 0 spiro atoms. The zero-order valence-corrected chi connectivity index (χ0v) is 15.6. The van der Waals surface area contributed by atoms with Crippen LogP contribution in [0.1, 0.15) is 25.1 Å². The predicted octanol–water partition coefficient (Wildman–Crippen LogP) is 4.83. The van der Waals surface area contributed by atoms with Crippen LogP contribution in [-0.2, 0) is 23.1 Å². The molecule has 0 N–H and O–H groups in total. The summed E-state index contributed by atoms with van der Waals surface area (Å²) in [5, 5.41) is 0. The van der Waals surface area contributed by atoms with Crippen molar-refractivity contribution in [3.8, 4) is 11.1 Å². The van der Waals surface area contributed by atoms with Crippen LogP contribution >= 0.6 is 7.60 Å². The number of benzene rings is 2. The molecule has 0 fully saturated rings. The van der Waals surface area contributed by atoms with Crippen LogP contribution in [0.25, 0.3) is 11.1 Å². The molecule has 0 aromatic heterocycles. The van der Waals surface area contributed by atoms with Crippen LogP contribution in [0.15, 0.2) is 54.6 Å². The van der Waals surface area contributed by atoms with Crippen molar-refractivity contribution in [2.45, 2.75) is 19.5 Å². The first-order valence-electron chi connectivity index (χ1n) is 8.17. The van der Waals surface area contributed by atoms with E-state index in [1.165, 1.54) is 7.11 Å². The number of hydrogen-bond acceptors (Lipinski definition) is 5. The molecule has 2 aromatic rings. The minimum absolute atomic E-state index is 0.173. The molecule has 0 radical (unpaired) electrons. The molecule has 0 saturated heterocycles. The van der Waals surface area contributed by atoms with E-state index < -0.39 is 19.2 Å². The van der Waals surface area contributed by atoms with Crippen molar-refractivity contribution in [2.24, 2.45) is 0 Å². The lowest BCUT2D eigenvalue weighted by Crippen LogP contribution is -2.17. The van der Waals surface area contributed by atoms with Crippen LogP contribution in [0.3, 0.4) is 0 Å². The number of ether oxygens (including phenoxy) is 1. The molecule has 2 rings (SSSR count). The molecule has 25 heavy (non-hydrogen) atoms. The third kappa shape index (κ3) is 4.57. The van der Waals surface area contributed by atoms with Crippen molar-refractivity contribution < 1.29 is 23.1 Å². The summed E-state index contributed by atoms with van der Waals surface area (Å²) < 4.78 is 28.7. The number of carbonyl (C=O) groups is 1. The van der Waals surface area contributed by atoms with Gasteiger partial charge in [-0.05, 0) is 30.5 Å². The number of methoxy groups -OCH3 is 1. The van der Waals surface area contributed by atoms with Gasteiger partial charge >= 0.3 is 13.6 Å². The number of carbonyl (C=O) groups excluding carboxylic acids is 1. The quantitative estimate of drug-likeness (QED) is 0.497. The van der Waals surface area contributed by atoms with Crippen LogP contribution in [0, 0.1) is 0 Å². The van der Waals surface area contributed by atoms with Crippen LogP contribution in [0.2, 0.25) is 0 Å². The van der Waals surface area contributed by atoms with Crippen molar-refractivity contribution in [1.29, 1.82) is 0 Å². The summed E-state index contributed by atoms with van der Waals surface area (Å²) in [6.07, 6.45) is 0. The van der Waals surface area contributed by atoms with Gasteiger partial charge in [0, 0.05) is 0 Å². The number of rotatable bonds is 8. The van der Waals surface area contributed by atoms with Crippen LogP contribution < -0.4 is 0 Å². The van der Waals surface area contributed by atoms with E-state index in [1.54, 1.807) is 26.0 Å². The molecule has 2 aromatic carbocycles. The molecular weight excluding hydrogens is 339 g/mol. The van der Waals surface area contributed by atoms with Gasteiger partial charge in [0.05, 0.1) is 20.3 Å². The van der Waals surface area contributed by atoms with Gasteiger partial charge in [-0.2, -0.15) is 0 Å². The highest BCUT2D eigenvalue weighted by atomic mass is 31.2. The fraction of sp³-hybridized carbons (Fsp3) is 0.316. The standard InChI is InChI=1S/C19H23O5P/c1-4-23-25(21,24-5-2)18(19(20)22-3)17-13-11-16(12-14-17)15-9-7-6-8-10-15/h6-14,18H,4-5H2,1-3H3/t18-/m1/s1. The molecule has 0 amide bonds. The van der Waals surface area contributed by atoms with Crippen molar-refractivity contribution >= 4 is 13.6 Å². The molecule has 0 unspecified atom stereocenters. The second kappa shape index (κ2) is 8.95. The highest BCUT2D eigenvalue weighted by Gasteiger charge is 2.43. The largest absolute Gasteiger partial charge is 0.468 e. The molecule has 0 saturated carbocycles. The highest BCUT2D eigenvalue weighted by Crippen LogP contribution is 2.61. The van der Waals surface area contributed by atoms with E-state index in [-0.39, 0.29) is 13.2 Å². The second-order valence-corrected chi connectivity index (χ2v) is 7.40. The maximum Gasteiger partial charge on any atom is 0.349 e. The van der Waals surface area contributed by atoms with Crippen LogP contribution in [0.4, 0.5) is 0 Å². The average Bonchev–Trinajstić information content (AvgIpc) is 2.63. The maximum absolute atomic E-state index is 13.1. The zero-order chi connectivity index (χ0) is 18.3. The van der Waals surface area contributed by atoms with E-state index in [9.17, 15) is 9.36 Å². The first-order chi connectivity index (χ1) is 12.1. The molecule has 6 heteroatoms. The van der Waals surface area contributed by atoms with Crippen LogP contribution in [-0.4, -0.2) is 26.3 Å². The van der Waals surface area contributed by atoms with E-state index in [4.69, 9.17) is 13.8 Å². The Balaban J connectivity index is 2.41. The van der Waals surface area contributed by atoms with Gasteiger partial charge < -0.3 is 13.8 Å². The summed E-state index contributed by atoms with van der Waals surface area (Å²) in [6, 6.07) is 17.1. The summed E-state index contributed by atoms with van der Waals surface area (Å²) in [7, 11) is -2.43. The average molecular weight is 362 g/mol. The summed E-state index contributed by atoms with van der Waals surface area (Å²) in [6.45, 7) is 3.76. The van der Waals surface area contributed by atoms with E-state index in [2.05, 4.69) is 0 Å². The summed E-state index contributed by atoms with van der Waals surface area (Å²) in [5.74, 6) is -0.641. The number of esters is 1. The minimum atomic E-state index is -3.69. The topological polar surface area (TPSA) is 61.8 Å². The van der Waals surface area contributed by atoms with Crippen molar-refractivity contribution in [2.75, 3.05) is 20.3 Å². The Labute approximate surface area is 148 Å². The lowest BCUT2D eigenvalue weighted by atomic mass is 10.0. The van der Waals surface area contributed by atoms with Gasteiger partial charge in [0.2, 0.25) is 0 Å². The Morgan fingerprint density at radius 3 is 1.92 bits per heavy atom. The Hall–Kier alpha value is -1.94. The fourth-order valence-corrected chi connectivity index (χ4v) is 4.59. The third-order valence-electron chi connectivity index (χ3n) is 3.69. The van der Waals surface area contributed by atoms with Gasteiger partial charge in [0.15, 0.2) is 5.66 Å². The van der Waals surface area contributed by atoms with Gasteiger partial charge in [0.25, 0.3) is 0 Å². The molecule has 134 valence electrons. The summed E-state index contributed by atoms with van der Waals surface area (Å²) in [5.41, 5.74) is 1.48. The molecular formula is C19H23O5P. The predicted molar refractivity (Wildman–Crippen MR) is 97.5 cm³/mol. The van der Waals surface area contributed by atoms with E-state index in [1.807, 2.05) is 42.5 Å². The summed E-state index contributed by atoms with van der Waals surface area (Å²) in [4.78, 5) is 12.3. The van der Waals surface area contributed by atoms with Gasteiger partial charge in [-0.15, -0.1) is 0 Å². The van der Waals surface area contributed by atoms with Gasteiger partial charge in [-0.1, -0.05) is 54.6 Å². The molecule has 5 nitrogen and oxygen atoms in total. The molecule has 0 heterocycles. The molecule has 0 aliphatic carbocycles. The van der Waals surface area contributed by atoms with Crippen molar-refractivity contribution in [3.63, 3.8) is 0 Å². The maximum atomic E-state index is 13.1. The molecule has 0 bridgehead atoms. The third-order valence-corrected chi connectivity index (χ3v) is 6.07. The van der Waals surface area contributed by atoms with E-state index >= 15 is 0 Å². The lowest BCUT2D eigenvalue weighted by Gasteiger charge is -2.24. The highest BCUT2D eigenvalue weighted by molar-refractivity contribution is 7.55. The normalized spacial score (nSPS) is 12.6. The fourth-order valence-electron chi connectivity index (χ4n) is 2.59. The first-order valence-corrected chi connectivity index (χ1v) is 9.79.